The number of amides is 2. The third kappa shape index (κ3) is 4.18. The van der Waals surface area contributed by atoms with Crippen molar-refractivity contribution in [2.24, 2.45) is 23.2 Å². The van der Waals surface area contributed by atoms with Crippen LogP contribution in [0.2, 0.25) is 0 Å². The molecular formula is C21H25F3N2O2. The molecule has 1 aromatic carbocycles. The lowest BCUT2D eigenvalue weighted by Crippen LogP contribution is -2.47. The summed E-state index contributed by atoms with van der Waals surface area (Å²) in [5, 5.41) is 4.75. The summed E-state index contributed by atoms with van der Waals surface area (Å²) in [6.07, 6.45) is 3.08. The Morgan fingerprint density at radius 3 is 2.21 bits per heavy atom. The van der Waals surface area contributed by atoms with E-state index in [-0.39, 0.29) is 23.6 Å². The third-order valence-corrected chi connectivity index (χ3v) is 6.63. The molecule has 0 saturated heterocycles. The molecule has 0 aromatic heterocycles. The van der Waals surface area contributed by atoms with Gasteiger partial charge in [-0.3, -0.25) is 9.59 Å². The Kier molecular flexibility index (Phi) is 4.88. The van der Waals surface area contributed by atoms with E-state index >= 15 is 0 Å². The van der Waals surface area contributed by atoms with Crippen molar-refractivity contribution < 1.29 is 22.8 Å². The predicted octanol–water partition coefficient (Wildman–Crippen LogP) is 4.41. The average Bonchev–Trinajstić information content (AvgIpc) is 2.58. The van der Waals surface area contributed by atoms with Gasteiger partial charge in [-0.2, -0.15) is 13.2 Å². The molecule has 2 N–H and O–H groups in total. The van der Waals surface area contributed by atoms with Gasteiger partial charge in [-0.05, 0) is 79.4 Å². The highest BCUT2D eigenvalue weighted by molar-refractivity contribution is 5.94. The number of rotatable bonds is 5. The Balaban J connectivity index is 1.32. The van der Waals surface area contributed by atoms with Crippen LogP contribution in [0.25, 0.3) is 0 Å². The van der Waals surface area contributed by atoms with Gasteiger partial charge in [-0.25, -0.2) is 0 Å². The topological polar surface area (TPSA) is 58.2 Å². The largest absolute Gasteiger partial charge is 0.471 e. The van der Waals surface area contributed by atoms with E-state index in [0.29, 0.717) is 12.0 Å². The molecule has 0 heterocycles. The second kappa shape index (κ2) is 7.08. The summed E-state index contributed by atoms with van der Waals surface area (Å²) in [7, 11) is 0. The Bertz CT molecular complexity index is 740. The molecule has 0 aliphatic heterocycles. The number of hydrogen-bond donors (Lipinski definition) is 2. The molecule has 5 rings (SSSR count). The molecule has 0 radical (unpaired) electrons. The maximum absolute atomic E-state index is 12.6. The molecule has 0 unspecified atom stereocenters. The number of hydrogen-bond acceptors (Lipinski definition) is 2. The summed E-state index contributed by atoms with van der Waals surface area (Å²) in [6, 6.07) is 6.12. The van der Waals surface area contributed by atoms with Gasteiger partial charge in [-0.15, -0.1) is 0 Å². The lowest BCUT2D eigenvalue weighted by atomic mass is 9.49. The van der Waals surface area contributed by atoms with Crippen molar-refractivity contribution in [3.63, 3.8) is 0 Å². The minimum atomic E-state index is -4.93. The van der Waals surface area contributed by atoms with E-state index in [4.69, 9.17) is 0 Å². The Morgan fingerprint density at radius 1 is 1.04 bits per heavy atom. The molecule has 4 aliphatic rings. The highest BCUT2D eigenvalue weighted by atomic mass is 19.4. The molecule has 1 aromatic rings. The lowest BCUT2D eigenvalue weighted by molar-refractivity contribution is -0.167. The van der Waals surface area contributed by atoms with Crippen LogP contribution in [0.3, 0.4) is 0 Å². The summed E-state index contributed by atoms with van der Waals surface area (Å²) >= 11 is 0. The number of alkyl halides is 3. The summed E-state index contributed by atoms with van der Waals surface area (Å²) in [5.74, 6) is 0.358. The van der Waals surface area contributed by atoms with Gasteiger partial charge >= 0.3 is 12.1 Å². The summed E-state index contributed by atoms with van der Waals surface area (Å²) in [5.41, 5.74) is 0.871. The second-order valence-corrected chi connectivity index (χ2v) is 9.02. The first-order valence-electron chi connectivity index (χ1n) is 9.95. The van der Waals surface area contributed by atoms with Crippen molar-refractivity contribution in [3.8, 4) is 0 Å². The van der Waals surface area contributed by atoms with E-state index in [0.717, 1.165) is 37.0 Å². The molecule has 28 heavy (non-hydrogen) atoms. The molecular weight excluding hydrogens is 369 g/mol. The molecule has 4 aliphatic carbocycles. The van der Waals surface area contributed by atoms with Gasteiger partial charge in [0.05, 0.1) is 0 Å². The van der Waals surface area contributed by atoms with Gasteiger partial charge in [0.1, 0.15) is 0 Å². The van der Waals surface area contributed by atoms with Crippen molar-refractivity contribution in [2.75, 3.05) is 5.32 Å². The van der Waals surface area contributed by atoms with Gasteiger partial charge in [0.15, 0.2) is 0 Å². The van der Waals surface area contributed by atoms with Crippen LogP contribution in [0.4, 0.5) is 18.9 Å². The highest BCUT2D eigenvalue weighted by Crippen LogP contribution is 2.61. The zero-order valence-corrected chi connectivity index (χ0v) is 15.6. The average molecular weight is 394 g/mol. The standard InChI is InChI=1S/C21H25F3N2O2/c22-21(23,24)19(28)26-17-3-1-2-13(7-17)12-25-18(27)11-20-8-14-4-15(9-20)6-16(5-14)10-20/h1-3,7,14-16H,4-6,8-12H2,(H,25,27)(H,26,28). The number of benzene rings is 1. The molecule has 4 fully saturated rings. The van der Waals surface area contributed by atoms with Gasteiger partial charge in [0.25, 0.3) is 0 Å². The Hall–Kier alpha value is -2.05. The van der Waals surface area contributed by atoms with E-state index < -0.39 is 12.1 Å². The van der Waals surface area contributed by atoms with Crippen LogP contribution in [0.15, 0.2) is 24.3 Å². The zero-order chi connectivity index (χ0) is 19.9. The molecule has 4 saturated carbocycles. The fourth-order valence-electron chi connectivity index (χ4n) is 6.07. The Labute approximate surface area is 162 Å². The minimum Gasteiger partial charge on any atom is -0.352 e. The quantitative estimate of drug-likeness (QED) is 0.777. The molecule has 2 amide bonds. The van der Waals surface area contributed by atoms with Crippen LogP contribution in [0, 0.1) is 23.2 Å². The molecule has 4 bridgehead atoms. The van der Waals surface area contributed by atoms with E-state index in [1.807, 2.05) is 5.32 Å². The van der Waals surface area contributed by atoms with E-state index in [2.05, 4.69) is 5.32 Å². The third-order valence-electron chi connectivity index (χ3n) is 6.63. The van der Waals surface area contributed by atoms with Crippen LogP contribution in [0.5, 0.6) is 0 Å². The van der Waals surface area contributed by atoms with Crippen molar-refractivity contribution in [1.29, 1.82) is 0 Å². The number of anilines is 1. The zero-order valence-electron chi connectivity index (χ0n) is 15.6. The van der Waals surface area contributed by atoms with Gasteiger partial charge in [0.2, 0.25) is 5.91 Å². The van der Waals surface area contributed by atoms with Crippen LogP contribution in [0.1, 0.15) is 50.5 Å². The van der Waals surface area contributed by atoms with E-state index in [1.54, 1.807) is 12.1 Å². The minimum absolute atomic E-state index is 0.00619. The fraction of sp³-hybridized carbons (Fsp3) is 0.619. The number of carbonyl (C=O) groups is 2. The highest BCUT2D eigenvalue weighted by Gasteiger charge is 2.51. The second-order valence-electron chi connectivity index (χ2n) is 9.02. The summed E-state index contributed by atoms with van der Waals surface area (Å²) in [4.78, 5) is 23.6. The first-order valence-corrected chi connectivity index (χ1v) is 9.95. The maximum Gasteiger partial charge on any atom is 0.471 e. The molecule has 152 valence electrons. The van der Waals surface area contributed by atoms with Crippen molar-refractivity contribution >= 4 is 17.5 Å². The maximum atomic E-state index is 12.6. The molecule has 7 heteroatoms. The first kappa shape index (κ1) is 19.3. The number of nitrogens with one attached hydrogen (secondary N) is 2. The fourth-order valence-corrected chi connectivity index (χ4v) is 6.07. The number of carbonyl (C=O) groups excluding carboxylic acids is 2. The van der Waals surface area contributed by atoms with Crippen molar-refractivity contribution in [1.82, 2.24) is 5.32 Å². The molecule has 4 nitrogen and oxygen atoms in total. The van der Waals surface area contributed by atoms with Crippen LogP contribution in [-0.2, 0) is 16.1 Å². The van der Waals surface area contributed by atoms with Crippen LogP contribution < -0.4 is 10.6 Å². The van der Waals surface area contributed by atoms with Gasteiger partial charge in [0, 0.05) is 18.7 Å². The smallest absolute Gasteiger partial charge is 0.352 e. The van der Waals surface area contributed by atoms with Crippen molar-refractivity contribution in [2.45, 2.75) is 57.7 Å². The Morgan fingerprint density at radius 2 is 1.64 bits per heavy atom. The van der Waals surface area contributed by atoms with E-state index in [1.165, 1.54) is 31.4 Å². The lowest BCUT2D eigenvalue weighted by Gasteiger charge is -2.56. The van der Waals surface area contributed by atoms with Crippen LogP contribution in [-0.4, -0.2) is 18.0 Å². The van der Waals surface area contributed by atoms with Crippen molar-refractivity contribution in [3.05, 3.63) is 29.8 Å². The summed E-state index contributed by atoms with van der Waals surface area (Å²) in [6.45, 7) is 0.237. The summed E-state index contributed by atoms with van der Waals surface area (Å²) < 4.78 is 37.1. The van der Waals surface area contributed by atoms with Crippen LogP contribution >= 0.6 is 0 Å². The predicted molar refractivity (Wildman–Crippen MR) is 98.2 cm³/mol. The van der Waals surface area contributed by atoms with E-state index in [9.17, 15) is 22.8 Å². The SMILES string of the molecule is O=C(CC12CC3CC(CC(C3)C1)C2)NCc1cccc(NC(=O)C(F)(F)F)c1. The number of halogens is 3. The normalized spacial score (nSPS) is 30.9. The van der Waals surface area contributed by atoms with Gasteiger partial charge < -0.3 is 10.6 Å². The monoisotopic (exact) mass is 394 g/mol. The van der Waals surface area contributed by atoms with Gasteiger partial charge in [-0.1, -0.05) is 12.1 Å². The molecule has 0 atom stereocenters. The molecule has 0 spiro atoms. The first-order chi connectivity index (χ1) is 13.2.